The van der Waals surface area contributed by atoms with E-state index in [1.807, 2.05) is 0 Å². The quantitative estimate of drug-likeness (QED) is 0.623. The largest absolute Gasteiger partial charge is 0.217 e. The van der Waals surface area contributed by atoms with Gasteiger partial charge in [-0.15, -0.1) is 14.6 Å². The third-order valence-electron chi connectivity index (χ3n) is 0.888. The molecule has 5 nitrogen and oxygen atoms in total. The van der Waals surface area contributed by atoms with Crippen molar-refractivity contribution >= 4 is 23.3 Å². The molecule has 50 valence electrons. The summed E-state index contributed by atoms with van der Waals surface area (Å²) < 4.78 is 11.1. The van der Waals surface area contributed by atoms with Crippen LogP contribution in [-0.2, 0) is 0 Å². The van der Waals surface area contributed by atoms with Gasteiger partial charge in [-0.25, -0.2) is 0 Å². The highest BCUT2D eigenvalue weighted by molar-refractivity contribution is 7.03. The van der Waals surface area contributed by atoms with Gasteiger partial charge < -0.3 is 0 Å². The third-order valence-corrected chi connectivity index (χ3v) is 1.80. The Bertz CT molecular complexity index is 254. The van der Waals surface area contributed by atoms with E-state index in [4.69, 9.17) is 0 Å². The minimum absolute atomic E-state index is 0.554. The molecule has 2 rings (SSSR count). The van der Waals surface area contributed by atoms with Crippen molar-refractivity contribution < 1.29 is 0 Å². The molecule has 2 aromatic rings. The monoisotopic (exact) mass is 171 g/mol. The molecule has 0 saturated carbocycles. The molecule has 10 heavy (non-hydrogen) atoms. The van der Waals surface area contributed by atoms with Gasteiger partial charge in [0.25, 0.3) is 0 Å². The molecule has 0 aliphatic rings. The Kier molecular flexibility index (Phi) is 1.36. The van der Waals surface area contributed by atoms with Crippen molar-refractivity contribution in [2.45, 2.75) is 0 Å². The van der Waals surface area contributed by atoms with E-state index in [-0.39, 0.29) is 0 Å². The fraction of sp³-hybridized carbons (Fsp3) is 0. The molecule has 0 aromatic carbocycles. The van der Waals surface area contributed by atoms with Gasteiger partial charge in [0.15, 0.2) is 0 Å². The van der Waals surface area contributed by atoms with E-state index < -0.39 is 0 Å². The topological polar surface area (TPSA) is 64.5 Å². The van der Waals surface area contributed by atoms with Gasteiger partial charge in [0, 0.05) is 5.38 Å². The summed E-state index contributed by atoms with van der Waals surface area (Å²) >= 11 is 2.34. The normalized spacial score (nSPS) is 10.0. The van der Waals surface area contributed by atoms with Crippen molar-refractivity contribution in [1.29, 1.82) is 0 Å². The Labute approximate surface area is 64.2 Å². The van der Waals surface area contributed by atoms with Gasteiger partial charge in [0.1, 0.15) is 5.69 Å². The maximum atomic E-state index is 3.88. The molecule has 7 heteroatoms. The second kappa shape index (κ2) is 2.35. The van der Waals surface area contributed by atoms with Crippen molar-refractivity contribution in [3.63, 3.8) is 0 Å². The van der Waals surface area contributed by atoms with Crippen molar-refractivity contribution in [3.8, 4) is 11.5 Å². The Morgan fingerprint density at radius 2 is 2.20 bits per heavy atom. The SMILES string of the molecule is c1snnc1-c1nnsn1. The summed E-state index contributed by atoms with van der Waals surface area (Å²) in [4.78, 5) is 0. The van der Waals surface area contributed by atoms with Gasteiger partial charge in [0.05, 0.1) is 11.7 Å². The van der Waals surface area contributed by atoms with Crippen LogP contribution in [-0.4, -0.2) is 23.5 Å². The lowest BCUT2D eigenvalue weighted by Gasteiger charge is -1.76. The Morgan fingerprint density at radius 1 is 1.20 bits per heavy atom. The predicted molar refractivity (Wildman–Crippen MR) is 36.6 cm³/mol. The van der Waals surface area contributed by atoms with Crippen LogP contribution >= 0.6 is 23.3 Å². The van der Waals surface area contributed by atoms with Gasteiger partial charge in [-0.1, -0.05) is 8.98 Å². The summed E-state index contributed by atoms with van der Waals surface area (Å²) in [5.41, 5.74) is 0.693. The predicted octanol–water partition coefficient (Wildman–Crippen LogP) is 0.452. The van der Waals surface area contributed by atoms with Crippen LogP contribution in [0.4, 0.5) is 0 Å². The van der Waals surface area contributed by atoms with E-state index in [9.17, 15) is 0 Å². The number of nitrogens with zero attached hydrogens (tertiary/aromatic N) is 5. The second-order valence-corrected chi connectivity index (χ2v) is 2.59. The lowest BCUT2D eigenvalue weighted by atomic mass is 10.5. The maximum Gasteiger partial charge on any atom is 0.217 e. The van der Waals surface area contributed by atoms with Crippen molar-refractivity contribution in [2.75, 3.05) is 0 Å². The molecule has 0 bridgehead atoms. The van der Waals surface area contributed by atoms with Crippen molar-refractivity contribution in [1.82, 2.24) is 23.5 Å². The summed E-state index contributed by atoms with van der Waals surface area (Å²) in [5, 5.41) is 9.27. The first kappa shape index (κ1) is 5.81. The molecule has 0 atom stereocenters. The van der Waals surface area contributed by atoms with Crippen LogP contribution in [0.3, 0.4) is 0 Å². The van der Waals surface area contributed by atoms with Crippen LogP contribution < -0.4 is 0 Å². The molecule has 0 spiro atoms. The van der Waals surface area contributed by atoms with Crippen LogP contribution in [0.5, 0.6) is 0 Å². The van der Waals surface area contributed by atoms with E-state index in [1.54, 1.807) is 5.38 Å². The highest BCUT2D eigenvalue weighted by Crippen LogP contribution is 2.10. The molecular formula is C3HN5S2. The molecule has 2 heterocycles. The van der Waals surface area contributed by atoms with Gasteiger partial charge in [-0.2, -0.15) is 0 Å². The van der Waals surface area contributed by atoms with E-state index >= 15 is 0 Å². The zero-order valence-electron chi connectivity index (χ0n) is 4.63. The average molecular weight is 171 g/mol. The summed E-state index contributed by atoms with van der Waals surface area (Å²) in [7, 11) is 0. The Balaban J connectivity index is 2.48. The molecular weight excluding hydrogens is 170 g/mol. The van der Waals surface area contributed by atoms with E-state index in [0.29, 0.717) is 11.5 Å². The lowest BCUT2D eigenvalue weighted by Crippen LogP contribution is -1.79. The number of rotatable bonds is 1. The lowest BCUT2D eigenvalue weighted by molar-refractivity contribution is 1.09. The fourth-order valence-corrected chi connectivity index (χ4v) is 1.28. The molecule has 0 unspecified atom stereocenters. The smallest absolute Gasteiger partial charge is 0.149 e. The first-order chi connectivity index (χ1) is 4.97. The zero-order valence-corrected chi connectivity index (χ0v) is 6.26. The number of hydrogen-bond donors (Lipinski definition) is 0. The molecule has 0 aliphatic carbocycles. The fourth-order valence-electron chi connectivity index (χ4n) is 0.492. The number of aromatic nitrogens is 5. The maximum absolute atomic E-state index is 3.88. The molecule has 0 amide bonds. The minimum Gasteiger partial charge on any atom is -0.149 e. The van der Waals surface area contributed by atoms with Crippen molar-refractivity contribution in [2.24, 2.45) is 0 Å². The highest BCUT2D eigenvalue weighted by Gasteiger charge is 2.03. The molecule has 0 aliphatic heterocycles. The molecule has 0 fully saturated rings. The van der Waals surface area contributed by atoms with Crippen LogP contribution in [0.2, 0.25) is 0 Å². The standard InChI is InChI=1S/C3HN5S2/c1-2(4-7-9-1)3-5-8-10-6-3/h1H. The zero-order chi connectivity index (χ0) is 6.81. The van der Waals surface area contributed by atoms with Gasteiger partial charge in [-0.3, -0.25) is 0 Å². The summed E-state index contributed by atoms with van der Waals surface area (Å²) in [5.74, 6) is 0.554. The third kappa shape index (κ3) is 0.888. The van der Waals surface area contributed by atoms with Crippen LogP contribution in [0.25, 0.3) is 11.5 Å². The van der Waals surface area contributed by atoms with Gasteiger partial charge >= 0.3 is 0 Å². The Morgan fingerprint density at radius 3 is 2.80 bits per heavy atom. The number of hydrogen-bond acceptors (Lipinski definition) is 7. The van der Waals surface area contributed by atoms with Crippen LogP contribution in [0, 0.1) is 0 Å². The van der Waals surface area contributed by atoms with E-state index in [2.05, 4.69) is 23.5 Å². The molecule has 0 N–H and O–H groups in total. The second-order valence-electron chi connectivity index (χ2n) is 1.47. The molecule has 2 aromatic heterocycles. The van der Waals surface area contributed by atoms with Gasteiger partial charge in [0.2, 0.25) is 5.82 Å². The first-order valence-corrected chi connectivity index (χ1v) is 3.96. The van der Waals surface area contributed by atoms with E-state index in [0.717, 1.165) is 11.7 Å². The highest BCUT2D eigenvalue weighted by atomic mass is 32.1. The van der Waals surface area contributed by atoms with E-state index in [1.165, 1.54) is 11.5 Å². The average Bonchev–Trinajstić information content (AvgIpc) is 2.59. The summed E-state index contributed by atoms with van der Waals surface area (Å²) in [6, 6.07) is 0. The summed E-state index contributed by atoms with van der Waals surface area (Å²) in [6.07, 6.45) is 0. The van der Waals surface area contributed by atoms with Crippen LogP contribution in [0.15, 0.2) is 5.38 Å². The molecule has 0 radical (unpaired) electrons. The summed E-state index contributed by atoms with van der Waals surface area (Å²) in [6.45, 7) is 0. The first-order valence-electron chi connectivity index (χ1n) is 2.39. The Hall–Kier alpha value is -0.950. The molecule has 0 saturated heterocycles. The van der Waals surface area contributed by atoms with Crippen molar-refractivity contribution in [3.05, 3.63) is 5.38 Å². The minimum atomic E-state index is 0.554. The van der Waals surface area contributed by atoms with Gasteiger partial charge in [-0.05, 0) is 11.5 Å². The van der Waals surface area contributed by atoms with Crippen LogP contribution in [0.1, 0.15) is 0 Å².